The zero-order valence-corrected chi connectivity index (χ0v) is 23.3. The monoisotopic (exact) mass is 537 g/mol. The molecule has 9 nitrogen and oxygen atoms in total. The Morgan fingerprint density at radius 3 is 2.29 bits per heavy atom. The summed E-state index contributed by atoms with van der Waals surface area (Å²) in [5.74, 6) is 2.17. The molecule has 2 aliphatic rings. The van der Waals surface area contributed by atoms with E-state index in [4.69, 9.17) is 0 Å². The summed E-state index contributed by atoms with van der Waals surface area (Å²) in [5, 5.41) is 11.8. The second-order valence-corrected chi connectivity index (χ2v) is 12.7. The van der Waals surface area contributed by atoms with Crippen molar-refractivity contribution in [2.75, 3.05) is 22.5 Å². The number of nitrogens with one attached hydrogen (secondary N) is 4. The fraction of sp³-hybridized carbons (Fsp3) is 0.536. The standard InChI is InChI=1S/C28H39N7O2S/c1-18(2)30-27-32-26(33-28(34-27)31-22-8-6-9-22)29-17-20-12-15-23(16-13-20)35-38(36,37)25-19(3)11-14-21-7-4-5-10-24(21)25/h4-5,7,10-11,14,18,20,22-23,35H,6,8-9,12-13,15-17H2,1-3H3,(H3,29,30,31,32,33,34). The minimum atomic E-state index is -3.62. The SMILES string of the molecule is Cc1ccc2ccccc2c1S(=O)(=O)NC1CCC(CNc2nc(NC(C)C)nc(NC3CCC3)n2)CC1. The maximum Gasteiger partial charge on any atom is 0.241 e. The zero-order valence-electron chi connectivity index (χ0n) is 22.5. The van der Waals surface area contributed by atoms with Gasteiger partial charge in [0.2, 0.25) is 27.9 Å². The number of aryl methyl sites for hydroxylation is 1. The van der Waals surface area contributed by atoms with Crippen LogP contribution >= 0.6 is 0 Å². The number of fused-ring (bicyclic) bond motifs is 1. The van der Waals surface area contributed by atoms with Crippen LogP contribution in [0.3, 0.4) is 0 Å². The van der Waals surface area contributed by atoms with E-state index in [1.165, 1.54) is 6.42 Å². The molecule has 10 heteroatoms. The summed E-state index contributed by atoms with van der Waals surface area (Å²) in [6, 6.07) is 12.1. The summed E-state index contributed by atoms with van der Waals surface area (Å²) in [5.41, 5.74) is 0.768. The number of anilines is 3. The number of benzene rings is 2. The van der Waals surface area contributed by atoms with Gasteiger partial charge in [0.1, 0.15) is 0 Å². The summed E-state index contributed by atoms with van der Waals surface area (Å²) in [6.07, 6.45) is 7.02. The summed E-state index contributed by atoms with van der Waals surface area (Å²) < 4.78 is 29.8. The smallest absolute Gasteiger partial charge is 0.241 e. The molecule has 3 aromatic rings. The minimum Gasteiger partial charge on any atom is -0.354 e. The first-order valence-corrected chi connectivity index (χ1v) is 15.3. The van der Waals surface area contributed by atoms with Crippen LogP contribution in [0.2, 0.25) is 0 Å². The molecule has 4 N–H and O–H groups in total. The van der Waals surface area contributed by atoms with Crippen LogP contribution in [0.5, 0.6) is 0 Å². The van der Waals surface area contributed by atoms with E-state index in [1.54, 1.807) is 0 Å². The average molecular weight is 538 g/mol. The van der Waals surface area contributed by atoms with Crippen molar-refractivity contribution >= 4 is 38.6 Å². The first-order valence-electron chi connectivity index (χ1n) is 13.8. The minimum absolute atomic E-state index is 0.0630. The Hall–Kier alpha value is -2.98. The molecule has 1 aromatic heterocycles. The van der Waals surface area contributed by atoms with Gasteiger partial charge in [-0.1, -0.05) is 36.4 Å². The lowest BCUT2D eigenvalue weighted by Gasteiger charge is -2.29. The Balaban J connectivity index is 1.18. The van der Waals surface area contributed by atoms with Gasteiger partial charge in [-0.2, -0.15) is 15.0 Å². The van der Waals surface area contributed by atoms with Crippen LogP contribution in [0.15, 0.2) is 41.3 Å². The Morgan fingerprint density at radius 1 is 0.868 bits per heavy atom. The Labute approximate surface area is 225 Å². The topological polar surface area (TPSA) is 121 Å². The summed E-state index contributed by atoms with van der Waals surface area (Å²) >= 11 is 0. The lowest BCUT2D eigenvalue weighted by molar-refractivity contribution is 0.323. The van der Waals surface area contributed by atoms with Gasteiger partial charge < -0.3 is 16.0 Å². The normalized spacial score (nSPS) is 20.3. The molecular weight excluding hydrogens is 498 g/mol. The lowest BCUT2D eigenvalue weighted by atomic mass is 9.86. The van der Waals surface area contributed by atoms with Gasteiger partial charge in [-0.15, -0.1) is 0 Å². The summed E-state index contributed by atoms with van der Waals surface area (Å²) in [4.78, 5) is 14.1. The number of hydrogen-bond donors (Lipinski definition) is 4. The molecule has 0 bridgehead atoms. The van der Waals surface area contributed by atoms with Crippen LogP contribution in [-0.2, 0) is 10.0 Å². The fourth-order valence-electron chi connectivity index (χ4n) is 5.28. The van der Waals surface area contributed by atoms with Crippen LogP contribution in [0, 0.1) is 12.8 Å². The van der Waals surface area contributed by atoms with Gasteiger partial charge >= 0.3 is 0 Å². The maximum atomic E-state index is 13.4. The van der Waals surface area contributed by atoms with Crippen molar-refractivity contribution in [2.24, 2.45) is 5.92 Å². The highest BCUT2D eigenvalue weighted by molar-refractivity contribution is 7.89. The van der Waals surface area contributed by atoms with E-state index in [2.05, 4.69) is 49.5 Å². The van der Waals surface area contributed by atoms with E-state index in [0.29, 0.717) is 34.7 Å². The second-order valence-electron chi connectivity index (χ2n) is 11.0. The molecule has 2 aromatic carbocycles. The first kappa shape index (κ1) is 26.6. The third-order valence-electron chi connectivity index (χ3n) is 7.55. The van der Waals surface area contributed by atoms with Crippen LogP contribution in [-0.4, -0.2) is 48.0 Å². The van der Waals surface area contributed by atoms with Gasteiger partial charge in [0.15, 0.2) is 0 Å². The van der Waals surface area contributed by atoms with Gasteiger partial charge in [-0.25, -0.2) is 13.1 Å². The molecule has 0 unspecified atom stereocenters. The highest BCUT2D eigenvalue weighted by atomic mass is 32.2. The van der Waals surface area contributed by atoms with E-state index in [-0.39, 0.29) is 12.1 Å². The predicted molar refractivity (Wildman–Crippen MR) is 153 cm³/mol. The number of nitrogens with zero attached hydrogens (tertiary/aromatic N) is 3. The van der Waals surface area contributed by atoms with Crippen LogP contribution in [0.4, 0.5) is 17.8 Å². The molecule has 2 saturated carbocycles. The number of hydrogen-bond acceptors (Lipinski definition) is 8. The van der Waals surface area contributed by atoms with Crippen LogP contribution in [0.25, 0.3) is 10.8 Å². The molecule has 204 valence electrons. The van der Waals surface area contributed by atoms with Gasteiger partial charge in [0, 0.05) is 30.1 Å². The predicted octanol–water partition coefficient (Wildman–Crippen LogP) is 5.07. The highest BCUT2D eigenvalue weighted by Crippen LogP contribution is 2.30. The summed E-state index contributed by atoms with van der Waals surface area (Å²) in [7, 11) is -3.62. The molecule has 5 rings (SSSR count). The largest absolute Gasteiger partial charge is 0.354 e. The molecule has 38 heavy (non-hydrogen) atoms. The molecular formula is C28H39N7O2S. The molecule has 0 aliphatic heterocycles. The third-order valence-corrected chi connectivity index (χ3v) is 9.28. The molecule has 2 aliphatic carbocycles. The van der Waals surface area contributed by atoms with Crippen molar-refractivity contribution in [3.63, 3.8) is 0 Å². The van der Waals surface area contributed by atoms with E-state index in [0.717, 1.165) is 61.4 Å². The second kappa shape index (κ2) is 11.4. The van der Waals surface area contributed by atoms with Gasteiger partial charge in [-0.3, -0.25) is 0 Å². The van der Waals surface area contributed by atoms with Crippen molar-refractivity contribution < 1.29 is 8.42 Å². The zero-order chi connectivity index (χ0) is 26.7. The quantitative estimate of drug-likeness (QED) is 0.283. The van der Waals surface area contributed by atoms with Crippen molar-refractivity contribution in [1.82, 2.24) is 19.7 Å². The highest BCUT2D eigenvalue weighted by Gasteiger charge is 2.28. The Bertz CT molecular complexity index is 1370. The molecule has 1 heterocycles. The van der Waals surface area contributed by atoms with E-state index in [1.807, 2.05) is 43.3 Å². The van der Waals surface area contributed by atoms with Crippen molar-refractivity contribution in [3.8, 4) is 0 Å². The van der Waals surface area contributed by atoms with Crippen LogP contribution < -0.4 is 20.7 Å². The Morgan fingerprint density at radius 2 is 1.58 bits per heavy atom. The number of aromatic nitrogens is 3. The summed E-state index contributed by atoms with van der Waals surface area (Å²) in [6.45, 7) is 6.73. The number of rotatable bonds is 10. The van der Waals surface area contributed by atoms with E-state index in [9.17, 15) is 8.42 Å². The van der Waals surface area contributed by atoms with E-state index >= 15 is 0 Å². The van der Waals surface area contributed by atoms with Gasteiger partial charge in [0.05, 0.1) is 4.90 Å². The van der Waals surface area contributed by atoms with Crippen molar-refractivity contribution in [3.05, 3.63) is 42.0 Å². The van der Waals surface area contributed by atoms with Crippen molar-refractivity contribution in [1.29, 1.82) is 0 Å². The molecule has 2 fully saturated rings. The average Bonchev–Trinajstić information content (AvgIpc) is 2.85. The Kier molecular flexibility index (Phi) is 7.99. The van der Waals surface area contributed by atoms with Crippen LogP contribution in [0.1, 0.15) is 64.4 Å². The molecule has 0 atom stereocenters. The first-order chi connectivity index (χ1) is 18.3. The van der Waals surface area contributed by atoms with Gasteiger partial charge in [0.25, 0.3) is 0 Å². The van der Waals surface area contributed by atoms with Gasteiger partial charge in [-0.05, 0) is 82.6 Å². The van der Waals surface area contributed by atoms with E-state index < -0.39 is 10.0 Å². The van der Waals surface area contributed by atoms with Crippen molar-refractivity contribution in [2.45, 2.75) is 88.7 Å². The third kappa shape index (κ3) is 6.35. The molecule has 0 saturated heterocycles. The number of sulfonamides is 1. The lowest BCUT2D eigenvalue weighted by Crippen LogP contribution is -2.38. The fourth-order valence-corrected chi connectivity index (χ4v) is 7.04. The molecule has 0 amide bonds. The molecule has 0 radical (unpaired) electrons. The maximum absolute atomic E-state index is 13.4. The molecule has 0 spiro atoms.